The number of aryl methyl sites for hydroxylation is 1. The summed E-state index contributed by atoms with van der Waals surface area (Å²) in [4.78, 5) is 9.73. The number of benzene rings is 3. The van der Waals surface area contributed by atoms with Gasteiger partial charge in [0.05, 0.1) is 31.1 Å². The fourth-order valence-corrected chi connectivity index (χ4v) is 5.19. The number of ether oxygens (including phenoxy) is 2. The number of unbranched alkanes of at least 4 members (excludes halogenated alkanes) is 1. The van der Waals surface area contributed by atoms with Crippen LogP contribution in [0.2, 0.25) is 0 Å². The number of halogens is 2. The molecule has 6 nitrogen and oxygen atoms in total. The minimum Gasteiger partial charge on any atom is -0.493 e. The van der Waals surface area contributed by atoms with E-state index in [2.05, 4.69) is 49.3 Å². The highest BCUT2D eigenvalue weighted by Crippen LogP contribution is 2.33. The van der Waals surface area contributed by atoms with Crippen LogP contribution in [0, 0.1) is 6.92 Å². The number of methoxy groups -OCH3 is 1. The average molecular weight is 624 g/mol. The highest BCUT2D eigenvalue weighted by atomic mass is 79.9. The molecule has 4 rings (SSSR count). The molecule has 4 aromatic rings. The van der Waals surface area contributed by atoms with E-state index in [1.807, 2.05) is 73.7 Å². The Labute approximate surface area is 234 Å². The molecule has 1 N–H and O–H groups in total. The molecule has 0 radical (unpaired) electrons. The number of amidine groups is 1. The number of hydrogen-bond donors (Lipinski definition) is 1. The van der Waals surface area contributed by atoms with Crippen molar-refractivity contribution in [2.45, 2.75) is 26.7 Å². The van der Waals surface area contributed by atoms with Gasteiger partial charge in [0.25, 0.3) is 0 Å². The molecule has 0 saturated heterocycles. The molecule has 0 fully saturated rings. The fourth-order valence-electron chi connectivity index (χ4n) is 3.66. The molecule has 0 saturated carbocycles. The van der Waals surface area contributed by atoms with E-state index in [9.17, 15) is 0 Å². The zero-order chi connectivity index (χ0) is 26.2. The lowest BCUT2D eigenvalue weighted by atomic mass is 10.2. The van der Waals surface area contributed by atoms with E-state index in [-0.39, 0.29) is 0 Å². The summed E-state index contributed by atoms with van der Waals surface area (Å²) in [7, 11) is 1.63. The van der Waals surface area contributed by atoms with Gasteiger partial charge >= 0.3 is 0 Å². The van der Waals surface area contributed by atoms with Gasteiger partial charge in [-0.3, -0.25) is 5.43 Å². The highest BCUT2D eigenvalue weighted by molar-refractivity contribution is 9.11. The van der Waals surface area contributed by atoms with Gasteiger partial charge in [-0.1, -0.05) is 53.5 Å². The molecule has 1 aromatic heterocycles. The first-order valence-electron chi connectivity index (χ1n) is 12.0. The van der Waals surface area contributed by atoms with Gasteiger partial charge in [-0.2, -0.15) is 5.10 Å². The number of hydrazone groups is 1. The number of aliphatic imine (C=N–C) groups is 1. The van der Waals surface area contributed by atoms with E-state index in [0.29, 0.717) is 23.9 Å². The maximum absolute atomic E-state index is 5.84. The minimum atomic E-state index is 0.527. The van der Waals surface area contributed by atoms with Crippen molar-refractivity contribution in [2.75, 3.05) is 13.7 Å². The van der Waals surface area contributed by atoms with Crippen LogP contribution in [0.4, 0.5) is 5.69 Å². The predicted octanol–water partition coefficient (Wildman–Crippen LogP) is 7.96. The van der Waals surface area contributed by atoms with E-state index < -0.39 is 0 Å². The van der Waals surface area contributed by atoms with Gasteiger partial charge in [-0.15, -0.1) is 0 Å². The van der Waals surface area contributed by atoms with Crippen LogP contribution >= 0.6 is 31.9 Å². The Morgan fingerprint density at radius 3 is 2.65 bits per heavy atom. The normalized spacial score (nSPS) is 11.8. The quantitative estimate of drug-likeness (QED) is 0.0889. The van der Waals surface area contributed by atoms with Gasteiger partial charge in [-0.05, 0) is 82.9 Å². The van der Waals surface area contributed by atoms with Crippen molar-refractivity contribution >= 4 is 60.5 Å². The van der Waals surface area contributed by atoms with Crippen molar-refractivity contribution in [3.8, 4) is 11.5 Å². The summed E-state index contributed by atoms with van der Waals surface area (Å²) in [6.07, 6.45) is 3.79. The molecule has 0 aliphatic heterocycles. The summed E-state index contributed by atoms with van der Waals surface area (Å²) in [5.74, 6) is 1.92. The topological polar surface area (TPSA) is 68.1 Å². The summed E-state index contributed by atoms with van der Waals surface area (Å²) < 4.78 is 13.2. The number of hydrogen-bond acceptors (Lipinski definition) is 5. The van der Waals surface area contributed by atoms with E-state index in [0.717, 1.165) is 55.3 Å². The zero-order valence-electron chi connectivity index (χ0n) is 21.0. The van der Waals surface area contributed by atoms with Gasteiger partial charge in [0.2, 0.25) is 0 Å². The molecule has 8 heteroatoms. The Kier molecular flexibility index (Phi) is 9.30. The lowest BCUT2D eigenvalue weighted by molar-refractivity contribution is 0.288. The van der Waals surface area contributed by atoms with Gasteiger partial charge < -0.3 is 9.47 Å². The second-order valence-corrected chi connectivity index (χ2v) is 10.2. The molecule has 37 heavy (non-hydrogen) atoms. The highest BCUT2D eigenvalue weighted by Gasteiger charge is 2.11. The molecule has 0 unspecified atom stereocenters. The molecule has 0 aliphatic carbocycles. The first-order valence-corrected chi connectivity index (χ1v) is 13.6. The average Bonchev–Trinajstić information content (AvgIpc) is 2.90. The number of nitrogens with one attached hydrogen (secondary N) is 1. The van der Waals surface area contributed by atoms with Crippen LogP contribution in [-0.2, 0) is 0 Å². The Balaban J connectivity index is 1.65. The van der Waals surface area contributed by atoms with Gasteiger partial charge in [0, 0.05) is 14.3 Å². The molecule has 0 aliphatic rings. The van der Waals surface area contributed by atoms with E-state index in [4.69, 9.17) is 19.5 Å². The van der Waals surface area contributed by atoms with Crippen molar-refractivity contribution in [3.05, 3.63) is 92.5 Å². The van der Waals surface area contributed by atoms with E-state index in [1.54, 1.807) is 13.3 Å². The van der Waals surface area contributed by atoms with Crippen LogP contribution < -0.4 is 14.9 Å². The number of para-hydroxylation sites is 1. The number of pyridine rings is 1. The van der Waals surface area contributed by atoms with Crippen molar-refractivity contribution in [1.82, 2.24) is 10.4 Å². The minimum absolute atomic E-state index is 0.527. The fraction of sp³-hybridized carbons (Fsp3) is 0.207. The largest absolute Gasteiger partial charge is 0.493 e. The maximum atomic E-state index is 5.84. The number of nitrogens with zero attached hydrogens (tertiary/aromatic N) is 3. The van der Waals surface area contributed by atoms with Gasteiger partial charge in [0.1, 0.15) is 5.69 Å². The first kappa shape index (κ1) is 26.8. The van der Waals surface area contributed by atoms with Crippen molar-refractivity contribution < 1.29 is 9.47 Å². The number of aromatic nitrogens is 1. The molecule has 1 heterocycles. The Morgan fingerprint density at radius 2 is 1.86 bits per heavy atom. The van der Waals surface area contributed by atoms with Crippen LogP contribution in [0.3, 0.4) is 0 Å². The lowest BCUT2D eigenvalue weighted by Crippen LogP contribution is -2.20. The monoisotopic (exact) mass is 622 g/mol. The van der Waals surface area contributed by atoms with Crippen LogP contribution in [0.5, 0.6) is 11.5 Å². The van der Waals surface area contributed by atoms with Crippen molar-refractivity contribution in [3.63, 3.8) is 0 Å². The van der Waals surface area contributed by atoms with Crippen molar-refractivity contribution in [1.29, 1.82) is 0 Å². The molecular formula is C29H28Br2N4O2. The molecule has 0 spiro atoms. The second kappa shape index (κ2) is 12.8. The maximum Gasteiger partial charge on any atom is 0.173 e. The number of fused-ring (bicyclic) bond motifs is 1. The Bertz CT molecular complexity index is 1430. The molecule has 190 valence electrons. The summed E-state index contributed by atoms with van der Waals surface area (Å²) in [5.41, 5.74) is 7.34. The third kappa shape index (κ3) is 6.96. The van der Waals surface area contributed by atoms with Crippen LogP contribution in [0.1, 0.15) is 36.6 Å². The third-order valence-corrected chi connectivity index (χ3v) is 6.67. The third-order valence-electron chi connectivity index (χ3n) is 5.61. The van der Waals surface area contributed by atoms with Crippen molar-refractivity contribution in [2.24, 2.45) is 10.1 Å². The van der Waals surface area contributed by atoms with E-state index in [1.165, 1.54) is 0 Å². The number of rotatable bonds is 9. The summed E-state index contributed by atoms with van der Waals surface area (Å²) >= 11 is 7.18. The van der Waals surface area contributed by atoms with E-state index >= 15 is 0 Å². The standard InChI is InChI=1S/C29H28Br2N4O2/c1-4-5-14-37-26-13-10-20(16-27(26)36-3)18-32-35-29(34-28-19(2)15-22(30)17-23(28)31)25-12-11-21-8-6-7-9-24(21)33-25/h6-13,15-18H,4-5,14H2,1-3H3,(H,34,35). The predicted molar refractivity (Wildman–Crippen MR) is 159 cm³/mol. The second-order valence-electron chi connectivity index (χ2n) is 8.39. The first-order chi connectivity index (χ1) is 18.0. The molecule has 3 aromatic carbocycles. The van der Waals surface area contributed by atoms with Crippen LogP contribution in [0.25, 0.3) is 10.9 Å². The molecule has 0 bridgehead atoms. The zero-order valence-corrected chi connectivity index (χ0v) is 24.1. The van der Waals surface area contributed by atoms with Gasteiger partial charge in [-0.25, -0.2) is 9.98 Å². The lowest BCUT2D eigenvalue weighted by Gasteiger charge is -2.11. The van der Waals surface area contributed by atoms with Crippen LogP contribution in [0.15, 0.2) is 85.8 Å². The summed E-state index contributed by atoms with van der Waals surface area (Å²) in [5, 5.41) is 5.54. The molecular weight excluding hydrogens is 596 g/mol. The Morgan fingerprint density at radius 1 is 1.03 bits per heavy atom. The molecule has 0 atom stereocenters. The SMILES string of the molecule is CCCCOc1ccc(C=NNC(=Nc2c(C)cc(Br)cc2Br)c2ccc3ccccc3n2)cc1OC. The summed E-state index contributed by atoms with van der Waals surface area (Å²) in [6, 6.07) is 21.7. The smallest absolute Gasteiger partial charge is 0.173 e. The Hall–Kier alpha value is -3.23. The summed E-state index contributed by atoms with van der Waals surface area (Å²) in [6.45, 7) is 4.81. The molecule has 0 amide bonds. The van der Waals surface area contributed by atoms with Gasteiger partial charge in [0.15, 0.2) is 17.3 Å². The van der Waals surface area contributed by atoms with Crippen LogP contribution in [-0.4, -0.2) is 30.8 Å².